The summed E-state index contributed by atoms with van der Waals surface area (Å²) in [7, 11) is 0. The molecule has 2 saturated heterocycles. The van der Waals surface area contributed by atoms with E-state index in [0.717, 1.165) is 0 Å². The monoisotopic (exact) mass is 407 g/mol. The van der Waals surface area contributed by atoms with Gasteiger partial charge < -0.3 is 24.7 Å². The summed E-state index contributed by atoms with van der Waals surface area (Å²) in [5, 5.41) is 0. The molecule has 2 fully saturated rings. The van der Waals surface area contributed by atoms with E-state index in [1.54, 1.807) is 39.2 Å². The van der Waals surface area contributed by atoms with Gasteiger partial charge in [0.05, 0.1) is 11.7 Å². The number of hydrogen-bond acceptors (Lipinski definition) is 9. The van der Waals surface area contributed by atoms with Crippen molar-refractivity contribution in [3.05, 3.63) is 16.7 Å². The number of nitrogens with one attached hydrogen (secondary N) is 1. The average molecular weight is 407 g/mol. The van der Waals surface area contributed by atoms with E-state index in [1.165, 1.54) is 6.33 Å². The number of hydrogen-bond donors (Lipinski definition) is 2. The van der Waals surface area contributed by atoms with Gasteiger partial charge in [0, 0.05) is 0 Å². The van der Waals surface area contributed by atoms with Crippen LogP contribution in [0.2, 0.25) is 0 Å². The Labute approximate surface area is 166 Å². The van der Waals surface area contributed by atoms with Crippen LogP contribution < -0.4 is 11.3 Å². The molecule has 0 radical (unpaired) electrons. The maximum atomic E-state index is 12.2. The lowest BCUT2D eigenvalue weighted by Crippen LogP contribution is -2.35. The number of fused-ring (bicyclic) bond motifs is 2. The molecule has 4 heterocycles. The maximum absolute atomic E-state index is 12.2. The van der Waals surface area contributed by atoms with Crippen molar-refractivity contribution < 1.29 is 23.7 Å². The number of imidazole rings is 1. The van der Waals surface area contributed by atoms with E-state index in [9.17, 15) is 9.59 Å². The predicted octanol–water partition coefficient (Wildman–Crippen LogP) is 0.709. The number of anilines is 1. The third kappa shape index (κ3) is 3.49. The molecule has 0 aromatic carbocycles. The highest BCUT2D eigenvalue weighted by molar-refractivity contribution is 5.75. The topological polar surface area (TPSA) is 144 Å². The number of esters is 1. The molecule has 4 rings (SSSR count). The van der Waals surface area contributed by atoms with Crippen LogP contribution in [0.4, 0.5) is 5.95 Å². The molecule has 11 nitrogen and oxygen atoms in total. The van der Waals surface area contributed by atoms with E-state index in [0.29, 0.717) is 0 Å². The van der Waals surface area contributed by atoms with Gasteiger partial charge in [-0.15, -0.1) is 0 Å². The van der Waals surface area contributed by atoms with Crippen molar-refractivity contribution in [1.82, 2.24) is 19.5 Å². The zero-order valence-electron chi connectivity index (χ0n) is 17.0. The van der Waals surface area contributed by atoms with E-state index >= 15 is 0 Å². The minimum atomic E-state index is -0.843. The Balaban J connectivity index is 1.65. The van der Waals surface area contributed by atoms with Gasteiger partial charge in [0.25, 0.3) is 5.56 Å². The van der Waals surface area contributed by atoms with Gasteiger partial charge in [0.15, 0.2) is 23.2 Å². The van der Waals surface area contributed by atoms with Crippen LogP contribution in [0.3, 0.4) is 0 Å². The van der Waals surface area contributed by atoms with Crippen molar-refractivity contribution in [3.8, 4) is 0 Å². The fourth-order valence-electron chi connectivity index (χ4n) is 3.52. The van der Waals surface area contributed by atoms with Crippen LogP contribution in [0.5, 0.6) is 0 Å². The standard InChI is InChI=1S/C18H25N5O6/c1-17(2,3)15(25)26-6-8-10-11(29-18(4,5)28-10)14(27-8)23-7-20-9-12(23)21-16(19)22-13(9)24/h7-8,10-11,14H,6H2,1-5H3,(H3,19,21,22,24)/t8-,10-,11-,14-/m1/s1. The van der Waals surface area contributed by atoms with Gasteiger partial charge in [-0.3, -0.25) is 19.1 Å². The Hall–Kier alpha value is -2.50. The molecule has 0 amide bonds. The minimum Gasteiger partial charge on any atom is -0.462 e. The highest BCUT2D eigenvalue weighted by Crippen LogP contribution is 2.43. The van der Waals surface area contributed by atoms with Crippen LogP contribution in [0.1, 0.15) is 40.8 Å². The molecule has 0 saturated carbocycles. The average Bonchev–Trinajstić information content (AvgIpc) is 3.23. The first-order valence-electron chi connectivity index (χ1n) is 9.37. The molecule has 158 valence electrons. The molecule has 2 aliphatic heterocycles. The number of carbonyl (C=O) groups excluding carboxylic acids is 1. The molecular weight excluding hydrogens is 382 g/mol. The molecule has 3 N–H and O–H groups in total. The molecule has 0 aliphatic carbocycles. The van der Waals surface area contributed by atoms with E-state index in [4.69, 9.17) is 24.7 Å². The van der Waals surface area contributed by atoms with E-state index in [2.05, 4.69) is 15.0 Å². The Morgan fingerprint density at radius 3 is 2.72 bits per heavy atom. The SMILES string of the molecule is CC1(C)O[C@@H]2[C@H](O1)[C@@H](COC(=O)C(C)(C)C)O[C@H]2n1cnc2c(=O)[nH]c(N)nc21. The lowest BCUT2D eigenvalue weighted by molar-refractivity contribution is -0.203. The second kappa shape index (κ2) is 6.51. The van der Waals surface area contributed by atoms with Crippen molar-refractivity contribution in [1.29, 1.82) is 0 Å². The normalized spacial score (nSPS) is 28.6. The molecule has 4 atom stereocenters. The van der Waals surface area contributed by atoms with Crippen LogP contribution in [-0.2, 0) is 23.7 Å². The van der Waals surface area contributed by atoms with Crippen LogP contribution in [-0.4, -0.2) is 56.2 Å². The molecule has 2 aromatic rings. The van der Waals surface area contributed by atoms with Crippen LogP contribution in [0.25, 0.3) is 11.2 Å². The summed E-state index contributed by atoms with van der Waals surface area (Å²) in [5.74, 6) is -1.21. The predicted molar refractivity (Wildman–Crippen MR) is 101 cm³/mol. The van der Waals surface area contributed by atoms with E-state index in [1.807, 2.05) is 0 Å². The first kappa shape index (κ1) is 19.8. The maximum Gasteiger partial charge on any atom is 0.311 e. The molecule has 2 aliphatic rings. The van der Waals surface area contributed by atoms with Crippen molar-refractivity contribution in [2.24, 2.45) is 5.41 Å². The second-order valence-corrected chi connectivity index (χ2v) is 8.75. The minimum absolute atomic E-state index is 0.00991. The van der Waals surface area contributed by atoms with E-state index < -0.39 is 41.3 Å². The number of aromatic amines is 1. The van der Waals surface area contributed by atoms with Gasteiger partial charge >= 0.3 is 5.97 Å². The second-order valence-electron chi connectivity index (χ2n) is 8.75. The summed E-state index contributed by atoms with van der Waals surface area (Å²) in [6, 6.07) is 0. The van der Waals surface area contributed by atoms with Gasteiger partial charge in [0.1, 0.15) is 24.9 Å². The number of aromatic nitrogens is 4. The van der Waals surface area contributed by atoms with Gasteiger partial charge in [-0.1, -0.05) is 0 Å². The van der Waals surface area contributed by atoms with E-state index in [-0.39, 0.29) is 29.7 Å². The number of nitrogens with two attached hydrogens (primary N) is 1. The number of nitrogen functional groups attached to an aromatic ring is 1. The van der Waals surface area contributed by atoms with Gasteiger partial charge in [-0.25, -0.2) is 4.98 Å². The Morgan fingerprint density at radius 1 is 1.34 bits per heavy atom. The lowest BCUT2D eigenvalue weighted by atomic mass is 9.97. The van der Waals surface area contributed by atoms with Gasteiger partial charge in [-0.05, 0) is 34.6 Å². The number of carbonyl (C=O) groups is 1. The first-order valence-corrected chi connectivity index (χ1v) is 9.37. The zero-order valence-corrected chi connectivity index (χ0v) is 17.0. The van der Waals surface area contributed by atoms with Crippen molar-refractivity contribution in [2.45, 2.75) is 64.9 Å². The number of H-pyrrole nitrogens is 1. The summed E-state index contributed by atoms with van der Waals surface area (Å²) in [4.78, 5) is 35.0. The van der Waals surface area contributed by atoms with Crippen LogP contribution >= 0.6 is 0 Å². The fourth-order valence-corrected chi connectivity index (χ4v) is 3.52. The fraction of sp³-hybridized carbons (Fsp3) is 0.667. The van der Waals surface area contributed by atoms with Gasteiger partial charge in [-0.2, -0.15) is 4.98 Å². The molecule has 0 bridgehead atoms. The largest absolute Gasteiger partial charge is 0.462 e. The highest BCUT2D eigenvalue weighted by atomic mass is 16.8. The van der Waals surface area contributed by atoms with Crippen LogP contribution in [0.15, 0.2) is 11.1 Å². The van der Waals surface area contributed by atoms with Gasteiger partial charge in [0.2, 0.25) is 5.95 Å². The molecule has 0 spiro atoms. The highest BCUT2D eigenvalue weighted by Gasteiger charge is 2.56. The number of rotatable bonds is 3. The zero-order chi connectivity index (χ0) is 21.1. The van der Waals surface area contributed by atoms with Crippen molar-refractivity contribution in [2.75, 3.05) is 12.3 Å². The third-order valence-corrected chi connectivity index (χ3v) is 4.84. The summed E-state index contributed by atoms with van der Waals surface area (Å²) in [5.41, 5.74) is 5.02. The Morgan fingerprint density at radius 2 is 2.03 bits per heavy atom. The number of nitrogens with zero attached hydrogens (tertiary/aromatic N) is 3. The van der Waals surface area contributed by atoms with Crippen molar-refractivity contribution >= 4 is 23.1 Å². The number of ether oxygens (including phenoxy) is 4. The Bertz CT molecular complexity index is 1010. The summed E-state index contributed by atoms with van der Waals surface area (Å²) in [6.07, 6.45) is -0.775. The molecular formula is C18H25N5O6. The molecule has 2 aromatic heterocycles. The molecule has 11 heteroatoms. The quantitative estimate of drug-likeness (QED) is 0.703. The Kier molecular flexibility index (Phi) is 4.44. The smallest absolute Gasteiger partial charge is 0.311 e. The first-order chi connectivity index (χ1) is 13.5. The molecule has 0 unspecified atom stereocenters. The van der Waals surface area contributed by atoms with Crippen molar-refractivity contribution in [3.63, 3.8) is 0 Å². The summed E-state index contributed by atoms with van der Waals surface area (Å²) < 4.78 is 25.2. The molecule has 29 heavy (non-hydrogen) atoms. The summed E-state index contributed by atoms with van der Waals surface area (Å²) >= 11 is 0. The lowest BCUT2D eigenvalue weighted by Gasteiger charge is -2.25. The van der Waals surface area contributed by atoms with Crippen LogP contribution in [0, 0.1) is 5.41 Å². The summed E-state index contributed by atoms with van der Waals surface area (Å²) in [6.45, 7) is 8.94. The third-order valence-electron chi connectivity index (χ3n) is 4.84.